The molecular weight excluding hydrogens is 292 g/mol. The van der Waals surface area contributed by atoms with Crippen LogP contribution in [0.5, 0.6) is 5.75 Å². The number of ether oxygens (including phenoxy) is 1. The van der Waals surface area contributed by atoms with Gasteiger partial charge in [0, 0.05) is 18.6 Å². The molecule has 23 heavy (non-hydrogen) atoms. The highest BCUT2D eigenvalue weighted by Gasteiger charge is 2.13. The van der Waals surface area contributed by atoms with E-state index in [0.29, 0.717) is 13.0 Å². The van der Waals surface area contributed by atoms with Gasteiger partial charge in [0.05, 0.1) is 23.5 Å². The molecule has 0 saturated carbocycles. The van der Waals surface area contributed by atoms with Crippen molar-refractivity contribution < 1.29 is 9.66 Å². The van der Waals surface area contributed by atoms with Crippen molar-refractivity contribution in [3.05, 3.63) is 69.3 Å². The molecule has 0 fully saturated rings. The first-order valence-electron chi connectivity index (χ1n) is 7.35. The summed E-state index contributed by atoms with van der Waals surface area (Å²) in [7, 11) is 0. The van der Waals surface area contributed by atoms with Gasteiger partial charge < -0.3 is 4.74 Å². The summed E-state index contributed by atoms with van der Waals surface area (Å²) in [5.41, 5.74) is 3.03. The number of hydrogen-bond acceptors (Lipinski definition) is 4. The number of rotatable bonds is 6. The molecule has 118 valence electrons. The van der Waals surface area contributed by atoms with Crippen molar-refractivity contribution in [2.24, 2.45) is 0 Å². The summed E-state index contributed by atoms with van der Waals surface area (Å²) in [4.78, 5) is 10.2. The van der Waals surface area contributed by atoms with Crippen molar-refractivity contribution in [3.8, 4) is 11.8 Å². The van der Waals surface area contributed by atoms with Crippen molar-refractivity contribution in [2.75, 3.05) is 6.61 Å². The van der Waals surface area contributed by atoms with Crippen molar-refractivity contribution in [1.82, 2.24) is 0 Å². The molecule has 0 aromatic heterocycles. The van der Waals surface area contributed by atoms with Crippen LogP contribution in [0.1, 0.15) is 29.0 Å². The molecule has 2 aromatic carbocycles. The molecule has 2 aromatic rings. The molecule has 0 aliphatic rings. The Morgan fingerprint density at radius 3 is 2.48 bits per heavy atom. The lowest BCUT2D eigenvalue weighted by Gasteiger charge is -2.12. The van der Waals surface area contributed by atoms with Gasteiger partial charge >= 0.3 is 0 Å². The van der Waals surface area contributed by atoms with E-state index in [-0.39, 0.29) is 11.6 Å². The van der Waals surface area contributed by atoms with Crippen LogP contribution in [0.2, 0.25) is 0 Å². The smallest absolute Gasteiger partial charge is 0.269 e. The summed E-state index contributed by atoms with van der Waals surface area (Å²) in [5.74, 6) is 0.470. The number of nitrogens with zero attached hydrogens (tertiary/aromatic N) is 2. The predicted molar refractivity (Wildman–Crippen MR) is 87.5 cm³/mol. The molecule has 0 bridgehead atoms. The molecule has 0 heterocycles. The van der Waals surface area contributed by atoms with Gasteiger partial charge in [-0.15, -0.1) is 0 Å². The SMILES string of the molecule is Cc1ccc(OCCC(C#N)c2ccc([N+](=O)[O-])cc2)c(C)c1. The van der Waals surface area contributed by atoms with Crippen molar-refractivity contribution >= 4 is 5.69 Å². The summed E-state index contributed by atoms with van der Waals surface area (Å²) in [6.07, 6.45) is 0.529. The second-order valence-electron chi connectivity index (χ2n) is 5.44. The van der Waals surface area contributed by atoms with Crippen LogP contribution in [0.3, 0.4) is 0 Å². The average Bonchev–Trinajstić information content (AvgIpc) is 2.53. The van der Waals surface area contributed by atoms with Crippen LogP contribution in [0.4, 0.5) is 5.69 Å². The number of benzene rings is 2. The molecule has 0 N–H and O–H groups in total. The lowest BCUT2D eigenvalue weighted by atomic mass is 9.97. The summed E-state index contributed by atoms with van der Waals surface area (Å²) in [6.45, 7) is 4.43. The number of nitro groups is 1. The Hall–Kier alpha value is -2.87. The highest BCUT2D eigenvalue weighted by Crippen LogP contribution is 2.23. The molecule has 0 aliphatic carbocycles. The minimum absolute atomic E-state index is 0.0250. The summed E-state index contributed by atoms with van der Waals surface area (Å²) < 4.78 is 5.75. The Kier molecular flexibility index (Phi) is 5.32. The van der Waals surface area contributed by atoms with E-state index in [0.717, 1.165) is 16.9 Å². The topological polar surface area (TPSA) is 76.2 Å². The van der Waals surface area contributed by atoms with Crippen molar-refractivity contribution in [1.29, 1.82) is 5.26 Å². The molecule has 0 saturated heterocycles. The van der Waals surface area contributed by atoms with Gasteiger partial charge in [0.2, 0.25) is 0 Å². The van der Waals surface area contributed by atoms with Gasteiger partial charge in [-0.3, -0.25) is 10.1 Å². The third kappa shape index (κ3) is 4.30. The average molecular weight is 310 g/mol. The Bertz CT molecular complexity index is 733. The van der Waals surface area contributed by atoms with Gasteiger partial charge in [-0.2, -0.15) is 5.26 Å². The fourth-order valence-electron chi connectivity index (χ4n) is 2.38. The molecule has 0 aliphatic heterocycles. The van der Waals surface area contributed by atoms with Crippen LogP contribution in [0.15, 0.2) is 42.5 Å². The van der Waals surface area contributed by atoms with Crippen molar-refractivity contribution in [3.63, 3.8) is 0 Å². The molecule has 1 atom stereocenters. The van der Waals surface area contributed by atoms with E-state index < -0.39 is 4.92 Å². The van der Waals surface area contributed by atoms with Crippen LogP contribution in [-0.2, 0) is 0 Å². The molecule has 0 spiro atoms. The summed E-state index contributed by atoms with van der Waals surface area (Å²) >= 11 is 0. The number of non-ortho nitro benzene ring substituents is 1. The maximum absolute atomic E-state index is 10.7. The van der Waals surface area contributed by atoms with E-state index in [1.54, 1.807) is 12.1 Å². The number of hydrogen-bond donors (Lipinski definition) is 0. The van der Waals surface area contributed by atoms with Gasteiger partial charge in [-0.1, -0.05) is 29.8 Å². The highest BCUT2D eigenvalue weighted by atomic mass is 16.6. The summed E-state index contributed by atoms with van der Waals surface area (Å²) in [6, 6.07) is 14.3. The lowest BCUT2D eigenvalue weighted by molar-refractivity contribution is -0.384. The van der Waals surface area contributed by atoms with E-state index in [1.165, 1.54) is 17.7 Å². The predicted octanol–water partition coefficient (Wildman–Crippen LogP) is 4.29. The maximum Gasteiger partial charge on any atom is 0.269 e. The second-order valence-corrected chi connectivity index (χ2v) is 5.44. The first kappa shape index (κ1) is 16.5. The van der Waals surface area contributed by atoms with Gasteiger partial charge in [0.15, 0.2) is 0 Å². The van der Waals surface area contributed by atoms with Crippen LogP contribution in [-0.4, -0.2) is 11.5 Å². The van der Waals surface area contributed by atoms with Gasteiger partial charge in [0.25, 0.3) is 5.69 Å². The Labute approximate surface area is 135 Å². The van der Waals surface area contributed by atoms with E-state index in [2.05, 4.69) is 6.07 Å². The van der Waals surface area contributed by atoms with Crippen LogP contribution in [0, 0.1) is 35.3 Å². The van der Waals surface area contributed by atoms with E-state index in [1.807, 2.05) is 32.0 Å². The largest absolute Gasteiger partial charge is 0.493 e. The van der Waals surface area contributed by atoms with Gasteiger partial charge in [0.1, 0.15) is 5.75 Å². The molecule has 5 heteroatoms. The third-order valence-corrected chi connectivity index (χ3v) is 3.66. The van der Waals surface area contributed by atoms with Gasteiger partial charge in [-0.05, 0) is 31.0 Å². The monoisotopic (exact) mass is 310 g/mol. The van der Waals surface area contributed by atoms with E-state index >= 15 is 0 Å². The fraction of sp³-hybridized carbons (Fsp3) is 0.278. The molecule has 5 nitrogen and oxygen atoms in total. The Morgan fingerprint density at radius 2 is 1.91 bits per heavy atom. The molecule has 0 radical (unpaired) electrons. The van der Waals surface area contributed by atoms with Gasteiger partial charge in [-0.25, -0.2) is 0 Å². The minimum Gasteiger partial charge on any atom is -0.493 e. The molecule has 2 rings (SSSR count). The first-order valence-corrected chi connectivity index (χ1v) is 7.35. The number of nitriles is 1. The summed E-state index contributed by atoms with van der Waals surface area (Å²) in [5, 5.41) is 20.0. The first-order chi connectivity index (χ1) is 11.0. The molecule has 1 unspecified atom stereocenters. The van der Waals surface area contributed by atoms with Crippen LogP contribution < -0.4 is 4.74 Å². The lowest BCUT2D eigenvalue weighted by Crippen LogP contribution is -2.05. The standard InChI is InChI=1S/C18H18N2O3/c1-13-3-8-18(14(2)11-13)23-10-9-16(12-19)15-4-6-17(7-5-15)20(21)22/h3-8,11,16H,9-10H2,1-2H3. The van der Waals surface area contributed by atoms with Crippen LogP contribution >= 0.6 is 0 Å². The zero-order valence-corrected chi connectivity index (χ0v) is 13.2. The van der Waals surface area contributed by atoms with Crippen LogP contribution in [0.25, 0.3) is 0 Å². The second kappa shape index (κ2) is 7.41. The Morgan fingerprint density at radius 1 is 1.22 bits per heavy atom. The molecular formula is C18H18N2O3. The van der Waals surface area contributed by atoms with E-state index in [4.69, 9.17) is 4.74 Å². The number of nitro benzene ring substituents is 1. The van der Waals surface area contributed by atoms with E-state index in [9.17, 15) is 15.4 Å². The zero-order chi connectivity index (χ0) is 16.8. The van der Waals surface area contributed by atoms with Crippen molar-refractivity contribution in [2.45, 2.75) is 26.2 Å². The highest BCUT2D eigenvalue weighted by molar-refractivity contribution is 5.37. The molecule has 0 amide bonds. The minimum atomic E-state index is -0.450. The maximum atomic E-state index is 10.7. The third-order valence-electron chi connectivity index (χ3n) is 3.66. The quantitative estimate of drug-likeness (QED) is 0.589. The zero-order valence-electron chi connectivity index (χ0n) is 13.2. The normalized spacial score (nSPS) is 11.5. The fourth-order valence-corrected chi connectivity index (χ4v) is 2.38. The Balaban J connectivity index is 1.97. The number of aryl methyl sites for hydroxylation is 2.